The summed E-state index contributed by atoms with van der Waals surface area (Å²) in [5.74, 6) is 0. The first-order valence-electron chi connectivity index (χ1n) is 6.16. The minimum Gasteiger partial charge on any atom is -0.313 e. The van der Waals surface area contributed by atoms with Crippen LogP contribution < -0.4 is 10.6 Å². The Balaban J connectivity index is 1.85. The van der Waals surface area contributed by atoms with Gasteiger partial charge in [-0.25, -0.2) is 0 Å². The second kappa shape index (κ2) is 5.71. The molecule has 5 heteroatoms. The largest absolute Gasteiger partial charge is 0.416 e. The molecule has 1 aliphatic rings. The van der Waals surface area contributed by atoms with Gasteiger partial charge in [0.25, 0.3) is 0 Å². The van der Waals surface area contributed by atoms with Crippen molar-refractivity contribution in [3.8, 4) is 0 Å². The van der Waals surface area contributed by atoms with E-state index in [4.69, 9.17) is 0 Å². The van der Waals surface area contributed by atoms with Crippen molar-refractivity contribution in [1.29, 1.82) is 0 Å². The van der Waals surface area contributed by atoms with Crippen LogP contribution in [-0.4, -0.2) is 19.1 Å². The van der Waals surface area contributed by atoms with Gasteiger partial charge in [0.05, 0.1) is 5.56 Å². The highest BCUT2D eigenvalue weighted by Crippen LogP contribution is 2.29. The van der Waals surface area contributed by atoms with Crippen LogP contribution in [0.2, 0.25) is 0 Å². The van der Waals surface area contributed by atoms with E-state index in [0.29, 0.717) is 18.2 Å². The van der Waals surface area contributed by atoms with Crippen LogP contribution in [0.3, 0.4) is 0 Å². The van der Waals surface area contributed by atoms with Crippen LogP contribution in [0.1, 0.15) is 24.0 Å². The predicted molar refractivity (Wildman–Crippen MR) is 64.2 cm³/mol. The van der Waals surface area contributed by atoms with Gasteiger partial charge in [-0.2, -0.15) is 13.2 Å². The number of hydrogen-bond donors (Lipinski definition) is 2. The lowest BCUT2D eigenvalue weighted by Crippen LogP contribution is -2.33. The molecule has 1 aliphatic heterocycles. The zero-order valence-electron chi connectivity index (χ0n) is 10.1. The fraction of sp³-hybridized carbons (Fsp3) is 0.538. The zero-order chi connectivity index (χ0) is 13.0. The maximum atomic E-state index is 12.5. The van der Waals surface area contributed by atoms with Crippen molar-refractivity contribution < 1.29 is 13.2 Å². The lowest BCUT2D eigenvalue weighted by Gasteiger charge is -2.12. The summed E-state index contributed by atoms with van der Waals surface area (Å²) < 4.78 is 37.5. The number of alkyl halides is 3. The van der Waals surface area contributed by atoms with Crippen LogP contribution in [0.5, 0.6) is 0 Å². The summed E-state index contributed by atoms with van der Waals surface area (Å²) in [6, 6.07) is 5.92. The lowest BCUT2D eigenvalue weighted by atomic mass is 10.1. The number of nitrogens with one attached hydrogen (secondary N) is 2. The molecule has 1 heterocycles. The number of hydrogen-bond acceptors (Lipinski definition) is 2. The SMILES string of the molecule is FC(F)(F)c1cccc(CNCC2CCCN2)c1. The van der Waals surface area contributed by atoms with Gasteiger partial charge in [-0.1, -0.05) is 18.2 Å². The topological polar surface area (TPSA) is 24.1 Å². The minimum absolute atomic E-state index is 0.454. The molecule has 0 saturated carbocycles. The first kappa shape index (κ1) is 13.4. The molecule has 0 spiro atoms. The van der Waals surface area contributed by atoms with E-state index >= 15 is 0 Å². The quantitative estimate of drug-likeness (QED) is 0.867. The monoisotopic (exact) mass is 258 g/mol. The second-order valence-electron chi connectivity index (χ2n) is 4.62. The first-order valence-corrected chi connectivity index (χ1v) is 6.16. The van der Waals surface area contributed by atoms with E-state index in [2.05, 4.69) is 10.6 Å². The molecular formula is C13H17F3N2. The maximum Gasteiger partial charge on any atom is 0.416 e. The summed E-state index contributed by atoms with van der Waals surface area (Å²) >= 11 is 0. The first-order chi connectivity index (χ1) is 8.55. The standard InChI is InChI=1S/C13H17F3N2/c14-13(15,16)11-4-1-3-10(7-11)8-17-9-12-5-2-6-18-12/h1,3-4,7,12,17-18H,2,5-6,8-9H2. The molecule has 2 nitrogen and oxygen atoms in total. The van der Waals surface area contributed by atoms with Gasteiger partial charge in [0.15, 0.2) is 0 Å². The molecular weight excluding hydrogens is 241 g/mol. The van der Waals surface area contributed by atoms with Gasteiger partial charge in [-0.05, 0) is 31.0 Å². The average Bonchev–Trinajstić information content (AvgIpc) is 2.81. The normalized spacial score (nSPS) is 20.3. The minimum atomic E-state index is -4.26. The van der Waals surface area contributed by atoms with E-state index in [1.54, 1.807) is 6.07 Å². The fourth-order valence-corrected chi connectivity index (χ4v) is 2.18. The number of rotatable bonds is 4. The Bertz CT molecular complexity index is 384. The summed E-state index contributed by atoms with van der Waals surface area (Å²) in [6.45, 7) is 2.31. The van der Waals surface area contributed by atoms with Crippen molar-refractivity contribution in [2.24, 2.45) is 0 Å². The van der Waals surface area contributed by atoms with Crippen LogP contribution >= 0.6 is 0 Å². The Morgan fingerprint density at radius 1 is 1.33 bits per heavy atom. The molecule has 0 bridgehead atoms. The molecule has 0 radical (unpaired) electrons. The van der Waals surface area contributed by atoms with Gasteiger partial charge in [0, 0.05) is 19.1 Å². The van der Waals surface area contributed by atoms with E-state index in [0.717, 1.165) is 25.6 Å². The van der Waals surface area contributed by atoms with Crippen LogP contribution in [0.25, 0.3) is 0 Å². The smallest absolute Gasteiger partial charge is 0.313 e. The highest BCUT2D eigenvalue weighted by Gasteiger charge is 2.30. The van der Waals surface area contributed by atoms with Crippen molar-refractivity contribution in [2.75, 3.05) is 13.1 Å². The average molecular weight is 258 g/mol. The Labute approximate surface area is 105 Å². The van der Waals surface area contributed by atoms with Gasteiger partial charge in [-0.15, -0.1) is 0 Å². The zero-order valence-corrected chi connectivity index (χ0v) is 10.1. The second-order valence-corrected chi connectivity index (χ2v) is 4.62. The molecule has 0 amide bonds. The molecule has 1 aromatic carbocycles. The van der Waals surface area contributed by atoms with Gasteiger partial charge >= 0.3 is 6.18 Å². The fourth-order valence-electron chi connectivity index (χ4n) is 2.18. The molecule has 1 saturated heterocycles. The highest BCUT2D eigenvalue weighted by atomic mass is 19.4. The van der Waals surface area contributed by atoms with E-state index in [1.165, 1.54) is 18.6 Å². The van der Waals surface area contributed by atoms with Crippen molar-refractivity contribution in [3.05, 3.63) is 35.4 Å². The summed E-state index contributed by atoms with van der Waals surface area (Å²) in [7, 11) is 0. The maximum absolute atomic E-state index is 12.5. The molecule has 1 unspecified atom stereocenters. The molecule has 0 aromatic heterocycles. The van der Waals surface area contributed by atoms with Gasteiger partial charge in [0.1, 0.15) is 0 Å². The molecule has 1 aromatic rings. The Hall–Kier alpha value is -1.07. The molecule has 1 fully saturated rings. The summed E-state index contributed by atoms with van der Waals surface area (Å²) in [4.78, 5) is 0. The third-order valence-electron chi connectivity index (χ3n) is 3.14. The Morgan fingerprint density at radius 2 is 2.17 bits per heavy atom. The van der Waals surface area contributed by atoms with Crippen molar-refractivity contribution in [3.63, 3.8) is 0 Å². The molecule has 18 heavy (non-hydrogen) atoms. The van der Waals surface area contributed by atoms with E-state index in [-0.39, 0.29) is 0 Å². The van der Waals surface area contributed by atoms with Crippen molar-refractivity contribution in [2.45, 2.75) is 31.6 Å². The van der Waals surface area contributed by atoms with Crippen LogP contribution in [-0.2, 0) is 12.7 Å². The summed E-state index contributed by atoms with van der Waals surface area (Å²) in [5.41, 5.74) is 0.0867. The predicted octanol–water partition coefficient (Wildman–Crippen LogP) is 2.55. The van der Waals surface area contributed by atoms with Crippen molar-refractivity contribution >= 4 is 0 Å². The molecule has 1 atom stereocenters. The van der Waals surface area contributed by atoms with Gasteiger partial charge < -0.3 is 10.6 Å². The van der Waals surface area contributed by atoms with Crippen LogP contribution in [0.15, 0.2) is 24.3 Å². The van der Waals surface area contributed by atoms with E-state index < -0.39 is 11.7 Å². The van der Waals surface area contributed by atoms with E-state index in [1.807, 2.05) is 0 Å². The molecule has 0 aliphatic carbocycles. The summed E-state index contributed by atoms with van der Waals surface area (Å²) in [6.07, 6.45) is -1.95. The number of halogens is 3. The molecule has 100 valence electrons. The molecule has 2 rings (SSSR count). The third kappa shape index (κ3) is 3.71. The summed E-state index contributed by atoms with van der Waals surface area (Å²) in [5, 5.41) is 6.53. The van der Waals surface area contributed by atoms with Crippen LogP contribution in [0.4, 0.5) is 13.2 Å². The lowest BCUT2D eigenvalue weighted by molar-refractivity contribution is -0.137. The Morgan fingerprint density at radius 3 is 2.83 bits per heavy atom. The van der Waals surface area contributed by atoms with Crippen molar-refractivity contribution in [1.82, 2.24) is 10.6 Å². The number of benzene rings is 1. The van der Waals surface area contributed by atoms with Gasteiger partial charge in [-0.3, -0.25) is 0 Å². The third-order valence-corrected chi connectivity index (χ3v) is 3.14. The molecule has 2 N–H and O–H groups in total. The Kier molecular flexibility index (Phi) is 4.24. The van der Waals surface area contributed by atoms with Gasteiger partial charge in [0.2, 0.25) is 0 Å². The highest BCUT2D eigenvalue weighted by molar-refractivity contribution is 5.25. The van der Waals surface area contributed by atoms with Crippen LogP contribution in [0, 0.1) is 0 Å². The van der Waals surface area contributed by atoms with E-state index in [9.17, 15) is 13.2 Å².